The van der Waals surface area contributed by atoms with Crippen LogP contribution in [0.25, 0.3) is 10.9 Å². The van der Waals surface area contributed by atoms with Crippen LogP contribution in [-0.2, 0) is 0 Å². The van der Waals surface area contributed by atoms with Crippen molar-refractivity contribution in [2.45, 2.75) is 12.0 Å². The zero-order chi connectivity index (χ0) is 22.0. The molecule has 0 aliphatic carbocycles. The molecule has 2 atom stereocenters. The van der Waals surface area contributed by atoms with E-state index in [1.54, 1.807) is 14.2 Å². The Bertz CT molecular complexity index is 1390. The number of ether oxygens (including phenoxy) is 2. The zero-order valence-corrected chi connectivity index (χ0v) is 18.4. The van der Waals surface area contributed by atoms with E-state index in [4.69, 9.17) is 21.1 Å². The van der Waals surface area contributed by atoms with Crippen LogP contribution in [0.5, 0.6) is 11.5 Å². The van der Waals surface area contributed by atoms with Crippen LogP contribution < -0.4 is 9.47 Å². The standard InChI is InChI=1S/C26H21ClN2O3/c1-31-20-12-11-16-22(25(20)32-2)26(30)29-13-17(14-7-3-5-9-18(14)27)21-15-8-4-6-10-19(15)28-23(21)24(16)29/h3-12,17,24,28H,13H2,1-2H3/t17-,24+/m1/s1. The predicted octanol–water partition coefficient (Wildman–Crippen LogP) is 5.53. The van der Waals surface area contributed by atoms with Crippen LogP contribution in [0.2, 0.25) is 5.02 Å². The van der Waals surface area contributed by atoms with Gasteiger partial charge in [0.05, 0.1) is 25.8 Å². The van der Waals surface area contributed by atoms with Gasteiger partial charge in [-0.1, -0.05) is 54.1 Å². The first-order chi connectivity index (χ1) is 15.6. The molecule has 3 heterocycles. The minimum atomic E-state index is -0.210. The summed E-state index contributed by atoms with van der Waals surface area (Å²) < 4.78 is 11.1. The smallest absolute Gasteiger partial charge is 0.259 e. The normalized spacial score (nSPS) is 19.0. The van der Waals surface area contributed by atoms with Gasteiger partial charge in [0.2, 0.25) is 0 Å². The lowest BCUT2D eigenvalue weighted by Gasteiger charge is -2.36. The van der Waals surface area contributed by atoms with Crippen molar-refractivity contribution in [2.24, 2.45) is 0 Å². The molecule has 0 spiro atoms. The second-order valence-corrected chi connectivity index (χ2v) is 8.60. The summed E-state index contributed by atoms with van der Waals surface area (Å²) in [6.45, 7) is 0.530. The highest BCUT2D eigenvalue weighted by atomic mass is 35.5. The van der Waals surface area contributed by atoms with Gasteiger partial charge in [-0.25, -0.2) is 0 Å². The number of aromatic amines is 1. The number of hydrogen-bond donors (Lipinski definition) is 1. The molecular weight excluding hydrogens is 424 g/mol. The van der Waals surface area contributed by atoms with Crippen molar-refractivity contribution < 1.29 is 14.3 Å². The van der Waals surface area contributed by atoms with E-state index in [9.17, 15) is 4.79 Å². The first kappa shape index (κ1) is 19.3. The summed E-state index contributed by atoms with van der Waals surface area (Å²) in [7, 11) is 3.16. The van der Waals surface area contributed by atoms with Crippen molar-refractivity contribution in [3.63, 3.8) is 0 Å². The number of halogens is 1. The fourth-order valence-electron chi connectivity index (χ4n) is 5.39. The highest BCUT2D eigenvalue weighted by molar-refractivity contribution is 6.31. The third-order valence-corrected chi connectivity index (χ3v) is 7.06. The number of methoxy groups -OCH3 is 2. The van der Waals surface area contributed by atoms with E-state index < -0.39 is 0 Å². The maximum atomic E-state index is 13.7. The summed E-state index contributed by atoms with van der Waals surface area (Å²) in [5.41, 5.74) is 5.80. The predicted molar refractivity (Wildman–Crippen MR) is 124 cm³/mol. The van der Waals surface area contributed by atoms with Crippen molar-refractivity contribution in [3.8, 4) is 11.5 Å². The number of carbonyl (C=O) groups is 1. The number of benzene rings is 3. The van der Waals surface area contributed by atoms with Crippen LogP contribution in [0, 0.1) is 0 Å². The number of fused-ring (bicyclic) bond motifs is 7. The first-order valence-electron chi connectivity index (χ1n) is 10.5. The van der Waals surface area contributed by atoms with Crippen LogP contribution in [0.4, 0.5) is 0 Å². The van der Waals surface area contributed by atoms with Crippen molar-refractivity contribution in [2.75, 3.05) is 20.8 Å². The third-order valence-electron chi connectivity index (χ3n) is 6.72. The van der Waals surface area contributed by atoms with Gasteiger partial charge < -0.3 is 19.4 Å². The molecular formula is C26H21ClN2O3. The molecule has 0 bridgehead atoms. The van der Waals surface area contributed by atoms with Gasteiger partial charge in [0.25, 0.3) is 5.91 Å². The number of carbonyl (C=O) groups excluding carboxylic acids is 1. The van der Waals surface area contributed by atoms with Gasteiger partial charge in [-0.2, -0.15) is 0 Å². The van der Waals surface area contributed by atoms with E-state index in [2.05, 4.69) is 23.2 Å². The van der Waals surface area contributed by atoms with Crippen molar-refractivity contribution in [1.29, 1.82) is 0 Å². The minimum absolute atomic E-state index is 0.0442. The first-order valence-corrected chi connectivity index (χ1v) is 10.9. The van der Waals surface area contributed by atoms with E-state index >= 15 is 0 Å². The van der Waals surface area contributed by atoms with Gasteiger partial charge in [-0.15, -0.1) is 0 Å². The molecule has 0 saturated heterocycles. The zero-order valence-electron chi connectivity index (χ0n) is 17.7. The largest absolute Gasteiger partial charge is 0.493 e. The SMILES string of the molecule is COc1ccc2c(c1OC)C(=O)N1C[C@H](c3ccccc3Cl)c3c([nH]c4ccccc34)[C@H]21. The molecule has 4 aromatic rings. The summed E-state index contributed by atoms with van der Waals surface area (Å²) in [4.78, 5) is 19.3. The van der Waals surface area contributed by atoms with E-state index in [1.807, 2.05) is 47.4 Å². The Hall–Kier alpha value is -3.44. The molecule has 3 aromatic carbocycles. The number of rotatable bonds is 3. The van der Waals surface area contributed by atoms with Crippen LogP contribution in [0.15, 0.2) is 60.7 Å². The lowest BCUT2D eigenvalue weighted by Crippen LogP contribution is -2.38. The minimum Gasteiger partial charge on any atom is -0.493 e. The molecule has 1 amide bonds. The van der Waals surface area contributed by atoms with Crippen LogP contribution in [-0.4, -0.2) is 36.6 Å². The van der Waals surface area contributed by atoms with E-state index in [-0.39, 0.29) is 17.9 Å². The Morgan fingerprint density at radius 3 is 2.53 bits per heavy atom. The molecule has 6 rings (SSSR count). The molecule has 2 aliphatic heterocycles. The van der Waals surface area contributed by atoms with Gasteiger partial charge in [-0.3, -0.25) is 4.79 Å². The van der Waals surface area contributed by atoms with Gasteiger partial charge in [-0.05, 0) is 34.9 Å². The molecule has 5 nitrogen and oxygen atoms in total. The highest BCUT2D eigenvalue weighted by Crippen LogP contribution is 2.52. The number of aromatic nitrogens is 1. The lowest BCUT2D eigenvalue weighted by atomic mass is 9.83. The fraction of sp³-hybridized carbons (Fsp3) is 0.192. The molecule has 0 unspecified atom stereocenters. The summed E-state index contributed by atoms with van der Waals surface area (Å²) in [5, 5.41) is 1.86. The second-order valence-electron chi connectivity index (χ2n) is 8.20. The van der Waals surface area contributed by atoms with Crippen LogP contribution in [0.3, 0.4) is 0 Å². The van der Waals surface area contributed by atoms with E-state index in [0.29, 0.717) is 28.6 Å². The third kappa shape index (κ3) is 2.49. The van der Waals surface area contributed by atoms with Crippen molar-refractivity contribution in [3.05, 3.63) is 93.6 Å². The molecule has 1 N–H and O–H groups in total. The topological polar surface area (TPSA) is 54.6 Å². The second kappa shape index (κ2) is 7.04. The maximum absolute atomic E-state index is 13.7. The molecule has 2 aliphatic rings. The Kier molecular flexibility index (Phi) is 4.24. The van der Waals surface area contributed by atoms with Gasteiger partial charge in [0.15, 0.2) is 11.5 Å². The average molecular weight is 445 g/mol. The van der Waals surface area contributed by atoms with Crippen molar-refractivity contribution in [1.82, 2.24) is 9.88 Å². The number of H-pyrrole nitrogens is 1. The number of nitrogens with one attached hydrogen (secondary N) is 1. The summed E-state index contributed by atoms with van der Waals surface area (Å²) in [6, 6.07) is 19.8. The number of hydrogen-bond acceptors (Lipinski definition) is 3. The maximum Gasteiger partial charge on any atom is 0.259 e. The fourth-order valence-corrected chi connectivity index (χ4v) is 5.66. The number of nitrogens with zero attached hydrogens (tertiary/aromatic N) is 1. The molecule has 0 saturated carbocycles. The Morgan fingerprint density at radius 1 is 0.969 bits per heavy atom. The summed E-state index contributed by atoms with van der Waals surface area (Å²) >= 11 is 6.65. The van der Waals surface area contributed by atoms with Crippen LogP contribution in [0.1, 0.15) is 44.7 Å². The highest BCUT2D eigenvalue weighted by Gasteiger charge is 2.47. The monoisotopic (exact) mass is 444 g/mol. The van der Waals surface area contributed by atoms with Gasteiger partial charge in [0.1, 0.15) is 0 Å². The number of para-hydroxylation sites is 1. The average Bonchev–Trinajstić information content (AvgIpc) is 3.34. The lowest BCUT2D eigenvalue weighted by molar-refractivity contribution is 0.0725. The quantitative estimate of drug-likeness (QED) is 0.452. The Labute approximate surface area is 190 Å². The summed E-state index contributed by atoms with van der Waals surface area (Å²) in [5.74, 6) is 0.940. The van der Waals surface area contributed by atoms with E-state index in [1.165, 1.54) is 5.56 Å². The molecule has 6 heteroatoms. The van der Waals surface area contributed by atoms with Crippen LogP contribution >= 0.6 is 11.6 Å². The molecule has 1 aromatic heterocycles. The molecule has 0 radical (unpaired) electrons. The van der Waals surface area contributed by atoms with Gasteiger partial charge in [0, 0.05) is 34.1 Å². The number of amides is 1. The summed E-state index contributed by atoms with van der Waals surface area (Å²) in [6.07, 6.45) is 0. The molecule has 0 fully saturated rings. The van der Waals surface area contributed by atoms with E-state index in [0.717, 1.165) is 27.7 Å². The molecule has 32 heavy (non-hydrogen) atoms. The molecule has 160 valence electrons. The Morgan fingerprint density at radius 2 is 1.75 bits per heavy atom. The Balaban J connectivity index is 1.64. The van der Waals surface area contributed by atoms with Gasteiger partial charge >= 0.3 is 0 Å². The van der Waals surface area contributed by atoms with Crippen molar-refractivity contribution >= 4 is 28.4 Å².